The van der Waals surface area contributed by atoms with E-state index >= 15 is 0 Å². The van der Waals surface area contributed by atoms with Gasteiger partial charge in [0.1, 0.15) is 0 Å². The van der Waals surface area contributed by atoms with Crippen LogP contribution in [-0.4, -0.2) is 34.5 Å². The van der Waals surface area contributed by atoms with Gasteiger partial charge in [0.2, 0.25) is 0 Å². The summed E-state index contributed by atoms with van der Waals surface area (Å²) in [4.78, 5) is 7.10. The van der Waals surface area contributed by atoms with E-state index in [0.29, 0.717) is 0 Å². The van der Waals surface area contributed by atoms with E-state index in [2.05, 4.69) is 0 Å². The number of rotatable bonds is 0. The summed E-state index contributed by atoms with van der Waals surface area (Å²) in [5, 5.41) is 0. The summed E-state index contributed by atoms with van der Waals surface area (Å²) in [6, 6.07) is 0. The Balaban J connectivity index is 0. The molecule has 0 aliphatic heterocycles. The molecule has 4 heteroatoms. The molecule has 0 rings (SSSR count). The van der Waals surface area contributed by atoms with Crippen LogP contribution in [-0.2, 0) is 4.57 Å². The number of hydrogen-bond donors (Lipinski definition) is 1. The van der Waals surface area contributed by atoms with E-state index in [4.69, 9.17) is 9.46 Å². The summed E-state index contributed by atoms with van der Waals surface area (Å²) in [5.74, 6) is 0. The summed E-state index contributed by atoms with van der Waals surface area (Å²) in [6.45, 7) is 0. The molecule has 0 fully saturated rings. The molecule has 1 N–H and O–H groups in total. The van der Waals surface area contributed by atoms with E-state index in [9.17, 15) is 0 Å². The van der Waals surface area contributed by atoms with Gasteiger partial charge < -0.3 is 4.89 Å². The van der Waals surface area contributed by atoms with Gasteiger partial charge in [0, 0.05) is 29.6 Å². The summed E-state index contributed by atoms with van der Waals surface area (Å²) in [5.41, 5.74) is 0. The normalized spacial score (nSPS) is 7.25. The molecule has 1 radical (unpaired) electrons. The largest absolute Gasteiger partial charge is 0.348 e. The predicted octanol–water partition coefficient (Wildman–Crippen LogP) is -0.731. The second kappa shape index (κ2) is 8.89. The average molecular weight is 89.0 g/mol. The smallest absolute Gasteiger partial charge is 0.177 e. The van der Waals surface area contributed by atoms with Crippen molar-refractivity contribution in [2.75, 3.05) is 0 Å². The first-order valence-corrected chi connectivity index (χ1v) is 1.48. The maximum absolute atomic E-state index is 8.57. The van der Waals surface area contributed by atoms with Crippen LogP contribution in [0.2, 0.25) is 0 Å². The van der Waals surface area contributed by atoms with Crippen molar-refractivity contribution in [3.05, 3.63) is 0 Å². The first-order chi connectivity index (χ1) is 1.41. The van der Waals surface area contributed by atoms with E-state index in [1.807, 2.05) is 0 Å². The van der Waals surface area contributed by atoms with Crippen LogP contribution >= 0.6 is 8.69 Å². The molecule has 0 aromatic carbocycles. The second-order valence-corrected chi connectivity index (χ2v) is 0.316. The first-order valence-electron chi connectivity index (χ1n) is 0.494. The Labute approximate surface area is 47.8 Å². The van der Waals surface area contributed by atoms with Gasteiger partial charge in [-0.25, -0.2) is 0 Å². The van der Waals surface area contributed by atoms with Crippen molar-refractivity contribution in [1.29, 1.82) is 0 Å². The zero-order chi connectivity index (χ0) is 2.71. The van der Waals surface area contributed by atoms with Crippen molar-refractivity contribution in [2.24, 2.45) is 0 Å². The van der Waals surface area contributed by atoms with Crippen LogP contribution in [0.3, 0.4) is 0 Å². The van der Waals surface area contributed by atoms with E-state index in [-0.39, 0.29) is 29.6 Å². The van der Waals surface area contributed by atoms with Crippen LogP contribution in [0.25, 0.3) is 0 Å². The molecule has 4 heavy (non-hydrogen) atoms. The standard InChI is InChI=1S/Na.H3O2P/c;1-3-2/h;3H2,(H,1,2). The fourth-order valence-electron chi connectivity index (χ4n) is 0. The second-order valence-electron chi connectivity index (χ2n) is 0.105. The maximum Gasteiger partial charge on any atom is 0.177 e. The van der Waals surface area contributed by atoms with Gasteiger partial charge in [0.15, 0.2) is 8.69 Å². The minimum absolute atomic E-state index is 0. The van der Waals surface area contributed by atoms with Crippen molar-refractivity contribution in [1.82, 2.24) is 0 Å². The van der Waals surface area contributed by atoms with Gasteiger partial charge >= 0.3 is 0 Å². The van der Waals surface area contributed by atoms with Crippen molar-refractivity contribution >= 4 is 38.2 Å². The monoisotopic (exact) mass is 89.0 g/mol. The van der Waals surface area contributed by atoms with Gasteiger partial charge in [-0.3, -0.25) is 4.57 Å². The zero-order valence-corrected chi connectivity index (χ0v) is 5.59. The number of hydrogen-bond acceptors (Lipinski definition) is 1. The van der Waals surface area contributed by atoms with Gasteiger partial charge in [0.25, 0.3) is 0 Å². The van der Waals surface area contributed by atoms with Crippen LogP contribution < -0.4 is 0 Å². The van der Waals surface area contributed by atoms with Crippen LogP contribution in [0, 0.1) is 0 Å². The Morgan fingerprint density at radius 3 is 1.75 bits per heavy atom. The zero-order valence-electron chi connectivity index (χ0n) is 2.43. The average Bonchev–Trinajstić information content (AvgIpc) is 0.918. The first kappa shape index (κ1) is 8.95. The third-order valence-corrected chi connectivity index (χ3v) is 0. The molecule has 0 aromatic rings. The predicted molar refractivity (Wildman–Crippen MR) is 18.4 cm³/mol. The molecule has 0 saturated heterocycles. The van der Waals surface area contributed by atoms with Crippen molar-refractivity contribution in [2.45, 2.75) is 0 Å². The summed E-state index contributed by atoms with van der Waals surface area (Å²) in [6.07, 6.45) is 0. The molecular weight excluding hydrogens is 86.0 g/mol. The molecule has 0 saturated carbocycles. The van der Waals surface area contributed by atoms with Gasteiger partial charge in [-0.05, 0) is 0 Å². The summed E-state index contributed by atoms with van der Waals surface area (Å²) < 4.78 is 8.57. The van der Waals surface area contributed by atoms with Crippen LogP contribution in [0.4, 0.5) is 0 Å². The van der Waals surface area contributed by atoms with Gasteiger partial charge in [-0.1, -0.05) is 0 Å². The third-order valence-electron chi connectivity index (χ3n) is 0. The Bertz CT molecular complexity index is 13.5. The molecule has 0 amide bonds. The molecule has 0 aliphatic carbocycles. The van der Waals surface area contributed by atoms with Crippen molar-refractivity contribution in [3.8, 4) is 0 Å². The Morgan fingerprint density at radius 1 is 1.75 bits per heavy atom. The van der Waals surface area contributed by atoms with E-state index in [1.54, 1.807) is 0 Å². The van der Waals surface area contributed by atoms with E-state index in [1.165, 1.54) is 0 Å². The van der Waals surface area contributed by atoms with Gasteiger partial charge in [0.05, 0.1) is 0 Å². The van der Waals surface area contributed by atoms with Crippen molar-refractivity contribution < 1.29 is 9.46 Å². The van der Waals surface area contributed by atoms with Crippen LogP contribution in [0.15, 0.2) is 0 Å². The van der Waals surface area contributed by atoms with Crippen LogP contribution in [0.5, 0.6) is 0 Å². The molecule has 1 unspecified atom stereocenters. The fourth-order valence-corrected chi connectivity index (χ4v) is 0. The quantitative estimate of drug-likeness (QED) is 0.313. The minimum atomic E-state index is -1.50. The Hall–Kier alpha value is 1.19. The third kappa shape index (κ3) is 10.8. The molecule has 1 atom stereocenters. The molecule has 0 spiro atoms. The minimum Gasteiger partial charge on any atom is -0.348 e. The Morgan fingerprint density at radius 2 is 1.75 bits per heavy atom. The van der Waals surface area contributed by atoms with E-state index in [0.717, 1.165) is 0 Å². The molecule has 0 heterocycles. The van der Waals surface area contributed by atoms with Crippen molar-refractivity contribution in [3.63, 3.8) is 0 Å². The van der Waals surface area contributed by atoms with Gasteiger partial charge in [-0.2, -0.15) is 0 Å². The molecule has 21 valence electrons. The van der Waals surface area contributed by atoms with Gasteiger partial charge in [-0.15, -0.1) is 0 Å². The molecular formula is H3NaO2P. The Kier molecular flexibility index (Phi) is 19.9. The molecule has 0 aliphatic rings. The summed E-state index contributed by atoms with van der Waals surface area (Å²) >= 11 is 0. The molecule has 0 bridgehead atoms. The summed E-state index contributed by atoms with van der Waals surface area (Å²) in [7, 11) is -1.50. The van der Waals surface area contributed by atoms with Crippen LogP contribution in [0.1, 0.15) is 0 Å². The molecule has 0 aromatic heterocycles. The maximum atomic E-state index is 8.57. The fraction of sp³-hybridized carbons (Fsp3) is 0. The molecule has 2 nitrogen and oxygen atoms in total. The SMILES string of the molecule is O=[PH2]O.[Na]. The topological polar surface area (TPSA) is 37.3 Å². The van der Waals surface area contributed by atoms with E-state index < -0.39 is 8.69 Å².